The molecular weight excluding hydrogens is 300 g/mol. The van der Waals surface area contributed by atoms with E-state index in [9.17, 15) is 5.11 Å². The monoisotopic (exact) mass is 318 g/mol. The molecule has 0 amide bonds. The predicted octanol–water partition coefficient (Wildman–Crippen LogP) is 2.91. The Morgan fingerprint density at radius 2 is 2.05 bits per heavy atom. The Hall–Kier alpha value is -1.91. The highest BCUT2D eigenvalue weighted by atomic mass is 35.5. The van der Waals surface area contributed by atoms with Crippen molar-refractivity contribution in [3.63, 3.8) is 0 Å². The van der Waals surface area contributed by atoms with Gasteiger partial charge in [-0.1, -0.05) is 23.7 Å². The lowest BCUT2D eigenvalue weighted by atomic mass is 9.87. The van der Waals surface area contributed by atoms with Crippen LogP contribution in [-0.2, 0) is 6.42 Å². The van der Waals surface area contributed by atoms with Gasteiger partial charge in [0.1, 0.15) is 5.75 Å². The van der Waals surface area contributed by atoms with E-state index in [1.54, 1.807) is 7.11 Å². The van der Waals surface area contributed by atoms with Crippen molar-refractivity contribution in [3.8, 4) is 11.5 Å². The summed E-state index contributed by atoms with van der Waals surface area (Å²) >= 11 is 6.31. The second-order valence-corrected chi connectivity index (χ2v) is 5.85. The predicted molar refractivity (Wildman–Crippen MR) is 88.9 cm³/mol. The van der Waals surface area contributed by atoms with Gasteiger partial charge in [0.2, 0.25) is 0 Å². The zero-order valence-electron chi connectivity index (χ0n) is 12.4. The molecule has 0 radical (unpaired) electrons. The van der Waals surface area contributed by atoms with Crippen LogP contribution >= 0.6 is 11.6 Å². The molecule has 1 unspecified atom stereocenters. The van der Waals surface area contributed by atoms with E-state index in [0.717, 1.165) is 42.0 Å². The molecule has 0 aliphatic carbocycles. The molecule has 22 heavy (non-hydrogen) atoms. The van der Waals surface area contributed by atoms with Crippen molar-refractivity contribution in [1.82, 2.24) is 5.32 Å². The third kappa shape index (κ3) is 2.60. The van der Waals surface area contributed by atoms with Crippen LogP contribution in [0.3, 0.4) is 0 Å². The molecule has 1 atom stereocenters. The number of nitrogens with one attached hydrogen (secondary N) is 1. The first-order valence-electron chi connectivity index (χ1n) is 7.26. The zero-order valence-corrected chi connectivity index (χ0v) is 13.2. The Kier molecular flexibility index (Phi) is 4.14. The van der Waals surface area contributed by atoms with E-state index in [-0.39, 0.29) is 11.7 Å². The largest absolute Gasteiger partial charge is 0.504 e. The average Bonchev–Trinajstić information content (AvgIpc) is 2.75. The first-order chi connectivity index (χ1) is 10.6. The van der Waals surface area contributed by atoms with Crippen LogP contribution in [0.4, 0.5) is 5.69 Å². The quantitative estimate of drug-likeness (QED) is 0.588. The van der Waals surface area contributed by atoms with Crippen molar-refractivity contribution < 1.29 is 9.84 Å². The highest BCUT2D eigenvalue weighted by molar-refractivity contribution is 6.33. The first-order valence-corrected chi connectivity index (χ1v) is 7.64. The van der Waals surface area contributed by atoms with Gasteiger partial charge in [0.15, 0.2) is 5.75 Å². The fraction of sp³-hybridized carbons (Fsp3) is 0.294. The molecule has 1 aliphatic rings. The molecule has 1 heterocycles. The first kappa shape index (κ1) is 15.0. The summed E-state index contributed by atoms with van der Waals surface area (Å²) in [5, 5.41) is 13.8. The number of benzene rings is 2. The van der Waals surface area contributed by atoms with E-state index in [2.05, 4.69) is 17.4 Å². The minimum atomic E-state index is -0.0178. The van der Waals surface area contributed by atoms with Gasteiger partial charge in [0, 0.05) is 12.5 Å². The SMILES string of the molecule is COc1ccc(C2CNCCc3c2cc(N)c(O)c3Cl)cc1. The number of aromatic hydroxyl groups is 1. The standard InChI is InChI=1S/C17H19ClN2O2/c1-22-11-4-2-10(3-5-11)14-9-20-7-6-12-13(14)8-15(19)17(21)16(12)18/h2-5,8,14,20-21H,6-7,9,19H2,1H3. The van der Waals surface area contributed by atoms with Gasteiger partial charge in [-0.3, -0.25) is 0 Å². The van der Waals surface area contributed by atoms with E-state index >= 15 is 0 Å². The van der Waals surface area contributed by atoms with Gasteiger partial charge in [-0.15, -0.1) is 0 Å². The highest BCUT2D eigenvalue weighted by Gasteiger charge is 2.24. The van der Waals surface area contributed by atoms with Crippen LogP contribution in [0.25, 0.3) is 0 Å². The molecule has 2 aromatic carbocycles. The molecule has 0 spiro atoms. The van der Waals surface area contributed by atoms with Crippen molar-refractivity contribution in [2.45, 2.75) is 12.3 Å². The van der Waals surface area contributed by atoms with Gasteiger partial charge in [-0.25, -0.2) is 0 Å². The molecule has 0 aromatic heterocycles. The maximum atomic E-state index is 9.99. The van der Waals surface area contributed by atoms with Crippen molar-refractivity contribution in [2.75, 3.05) is 25.9 Å². The molecule has 0 bridgehead atoms. The van der Waals surface area contributed by atoms with Crippen molar-refractivity contribution in [2.24, 2.45) is 0 Å². The molecule has 0 fully saturated rings. The molecule has 4 N–H and O–H groups in total. The van der Waals surface area contributed by atoms with Crippen molar-refractivity contribution >= 4 is 17.3 Å². The van der Waals surface area contributed by atoms with E-state index in [1.165, 1.54) is 0 Å². The molecule has 0 saturated carbocycles. The third-order valence-corrected chi connectivity index (χ3v) is 4.61. The second-order valence-electron chi connectivity index (χ2n) is 5.48. The number of phenolic OH excluding ortho intramolecular Hbond substituents is 1. The molecule has 116 valence electrons. The number of methoxy groups -OCH3 is 1. The van der Waals surface area contributed by atoms with E-state index in [0.29, 0.717) is 10.7 Å². The lowest BCUT2D eigenvalue weighted by Gasteiger charge is -2.20. The maximum Gasteiger partial charge on any atom is 0.157 e. The number of ether oxygens (including phenoxy) is 1. The lowest BCUT2D eigenvalue weighted by molar-refractivity contribution is 0.414. The van der Waals surface area contributed by atoms with E-state index < -0.39 is 0 Å². The minimum absolute atomic E-state index is 0.0178. The van der Waals surface area contributed by atoms with E-state index in [4.69, 9.17) is 22.1 Å². The fourth-order valence-electron chi connectivity index (χ4n) is 2.99. The lowest BCUT2D eigenvalue weighted by Crippen LogP contribution is -2.20. The second kappa shape index (κ2) is 6.07. The molecular formula is C17H19ClN2O2. The third-order valence-electron chi connectivity index (χ3n) is 4.20. The number of fused-ring (bicyclic) bond motifs is 1. The topological polar surface area (TPSA) is 67.5 Å². The van der Waals surface area contributed by atoms with Crippen LogP contribution in [-0.4, -0.2) is 25.3 Å². The molecule has 5 heteroatoms. The zero-order chi connectivity index (χ0) is 15.7. The summed E-state index contributed by atoms with van der Waals surface area (Å²) in [6.45, 7) is 1.63. The number of rotatable bonds is 2. The van der Waals surface area contributed by atoms with Crippen LogP contribution in [0, 0.1) is 0 Å². The Balaban J connectivity index is 2.10. The number of anilines is 1. The van der Waals surface area contributed by atoms with Crippen LogP contribution in [0.2, 0.25) is 5.02 Å². The number of hydrogen-bond donors (Lipinski definition) is 3. The number of hydrogen-bond acceptors (Lipinski definition) is 4. The smallest absolute Gasteiger partial charge is 0.157 e. The van der Waals surface area contributed by atoms with Crippen LogP contribution < -0.4 is 15.8 Å². The summed E-state index contributed by atoms with van der Waals surface area (Å²) in [6.07, 6.45) is 0.772. The Labute approximate surface area is 134 Å². The Morgan fingerprint density at radius 3 is 2.73 bits per heavy atom. The van der Waals surface area contributed by atoms with Gasteiger partial charge in [-0.05, 0) is 47.9 Å². The molecule has 4 nitrogen and oxygen atoms in total. The maximum absolute atomic E-state index is 9.99. The minimum Gasteiger partial charge on any atom is -0.504 e. The molecule has 0 saturated heterocycles. The summed E-state index contributed by atoms with van der Waals surface area (Å²) in [4.78, 5) is 0. The Morgan fingerprint density at radius 1 is 1.32 bits per heavy atom. The number of phenols is 1. The van der Waals surface area contributed by atoms with Gasteiger partial charge in [-0.2, -0.15) is 0 Å². The Bertz CT molecular complexity index is 686. The van der Waals surface area contributed by atoms with Crippen LogP contribution in [0.15, 0.2) is 30.3 Å². The van der Waals surface area contributed by atoms with Crippen molar-refractivity contribution in [3.05, 3.63) is 52.0 Å². The highest BCUT2D eigenvalue weighted by Crippen LogP contribution is 2.41. The number of nitrogen functional groups attached to an aromatic ring is 1. The number of halogens is 1. The van der Waals surface area contributed by atoms with Gasteiger partial charge >= 0.3 is 0 Å². The van der Waals surface area contributed by atoms with Crippen LogP contribution in [0.5, 0.6) is 11.5 Å². The van der Waals surface area contributed by atoms with Gasteiger partial charge in [0.05, 0.1) is 17.8 Å². The summed E-state index contributed by atoms with van der Waals surface area (Å²) in [6, 6.07) is 9.85. The summed E-state index contributed by atoms with van der Waals surface area (Å²) < 4.78 is 5.21. The number of nitrogens with two attached hydrogens (primary N) is 1. The molecule has 2 aromatic rings. The molecule has 3 rings (SSSR count). The van der Waals surface area contributed by atoms with Gasteiger partial charge in [0.25, 0.3) is 0 Å². The van der Waals surface area contributed by atoms with Gasteiger partial charge < -0.3 is 20.9 Å². The van der Waals surface area contributed by atoms with Crippen LogP contribution in [0.1, 0.15) is 22.6 Å². The summed E-state index contributed by atoms with van der Waals surface area (Å²) in [7, 11) is 1.65. The van der Waals surface area contributed by atoms with Crippen molar-refractivity contribution in [1.29, 1.82) is 0 Å². The fourth-order valence-corrected chi connectivity index (χ4v) is 3.30. The summed E-state index contributed by atoms with van der Waals surface area (Å²) in [5.74, 6) is 0.952. The molecule has 1 aliphatic heterocycles. The average molecular weight is 319 g/mol. The normalized spacial score (nSPS) is 17.6. The van der Waals surface area contributed by atoms with E-state index in [1.807, 2.05) is 18.2 Å². The summed E-state index contributed by atoms with van der Waals surface area (Å²) in [5.41, 5.74) is 9.45.